The Hall–Kier alpha value is -4.15. The van der Waals surface area contributed by atoms with Crippen LogP contribution in [0.1, 0.15) is 28.4 Å². The lowest BCUT2D eigenvalue weighted by Gasteiger charge is -2.18. The third-order valence-electron chi connectivity index (χ3n) is 5.40. The molecule has 4 rings (SSSR count). The molecule has 3 aromatic carbocycles. The molecular formula is C27H25N5O3S2. The Morgan fingerprint density at radius 1 is 0.811 bits per heavy atom. The van der Waals surface area contributed by atoms with Gasteiger partial charge in [0.1, 0.15) is 0 Å². The zero-order valence-electron chi connectivity index (χ0n) is 20.2. The monoisotopic (exact) mass is 531 g/mol. The summed E-state index contributed by atoms with van der Waals surface area (Å²) in [5.41, 5.74) is 3.50. The fourth-order valence-corrected chi connectivity index (χ4v) is 4.96. The number of carbonyl (C=O) groups is 1. The van der Waals surface area contributed by atoms with Gasteiger partial charge in [-0.2, -0.15) is 0 Å². The molecule has 0 atom stereocenters. The number of thiocarbonyl (C=S) groups is 1. The second kappa shape index (κ2) is 11.3. The van der Waals surface area contributed by atoms with Gasteiger partial charge in [0.15, 0.2) is 5.11 Å². The number of benzene rings is 3. The summed E-state index contributed by atoms with van der Waals surface area (Å²) >= 11 is 5.36. The lowest BCUT2D eigenvalue weighted by atomic mass is 9.90. The molecule has 0 unspecified atom stereocenters. The minimum absolute atomic E-state index is 0.00924. The van der Waals surface area contributed by atoms with Gasteiger partial charge in [-0.1, -0.05) is 60.7 Å². The van der Waals surface area contributed by atoms with Crippen LogP contribution in [0.5, 0.6) is 0 Å². The fraction of sp³-hybridized carbons (Fsp3) is 0.111. The molecule has 1 aromatic heterocycles. The van der Waals surface area contributed by atoms with Crippen molar-refractivity contribution >= 4 is 44.9 Å². The Balaban J connectivity index is 1.44. The smallest absolute Gasteiger partial charge is 0.264 e. The Morgan fingerprint density at radius 3 is 1.84 bits per heavy atom. The van der Waals surface area contributed by atoms with Crippen molar-refractivity contribution in [1.29, 1.82) is 0 Å². The van der Waals surface area contributed by atoms with Gasteiger partial charge in [0.2, 0.25) is 11.9 Å². The van der Waals surface area contributed by atoms with E-state index in [1.807, 2.05) is 60.7 Å². The van der Waals surface area contributed by atoms with E-state index < -0.39 is 15.9 Å². The van der Waals surface area contributed by atoms with Crippen LogP contribution in [-0.4, -0.2) is 29.4 Å². The summed E-state index contributed by atoms with van der Waals surface area (Å²) in [6.45, 7) is 3.52. The molecule has 37 heavy (non-hydrogen) atoms. The molecule has 8 nitrogen and oxygen atoms in total. The molecular weight excluding hydrogens is 506 g/mol. The van der Waals surface area contributed by atoms with Gasteiger partial charge in [-0.25, -0.2) is 23.1 Å². The summed E-state index contributed by atoms with van der Waals surface area (Å²) in [5, 5.41) is 5.78. The molecule has 1 amide bonds. The molecule has 1 heterocycles. The number of sulfonamides is 1. The van der Waals surface area contributed by atoms with Crippen LogP contribution in [-0.2, 0) is 14.8 Å². The summed E-state index contributed by atoms with van der Waals surface area (Å²) in [6, 6.07) is 26.6. The van der Waals surface area contributed by atoms with E-state index in [-0.39, 0.29) is 21.9 Å². The van der Waals surface area contributed by atoms with Gasteiger partial charge in [-0.3, -0.25) is 4.79 Å². The number of aryl methyl sites for hydroxylation is 2. The number of hydrogen-bond donors (Lipinski definition) is 3. The number of aromatic nitrogens is 2. The summed E-state index contributed by atoms with van der Waals surface area (Å²) in [7, 11) is -3.89. The summed E-state index contributed by atoms with van der Waals surface area (Å²) < 4.78 is 27.9. The van der Waals surface area contributed by atoms with Crippen molar-refractivity contribution in [2.24, 2.45) is 0 Å². The first-order chi connectivity index (χ1) is 17.7. The van der Waals surface area contributed by atoms with Crippen molar-refractivity contribution < 1.29 is 13.2 Å². The maximum atomic E-state index is 13.2. The maximum absolute atomic E-state index is 13.2. The normalized spacial score (nSPS) is 11.1. The summed E-state index contributed by atoms with van der Waals surface area (Å²) in [4.78, 5) is 21.5. The van der Waals surface area contributed by atoms with Crippen molar-refractivity contribution in [2.75, 3.05) is 10.0 Å². The molecule has 0 saturated heterocycles. The van der Waals surface area contributed by atoms with Gasteiger partial charge in [-0.15, -0.1) is 0 Å². The molecule has 0 aliphatic rings. The summed E-state index contributed by atoms with van der Waals surface area (Å²) in [6.07, 6.45) is 0. The highest BCUT2D eigenvalue weighted by molar-refractivity contribution is 7.92. The van der Waals surface area contributed by atoms with E-state index in [1.54, 1.807) is 32.0 Å². The largest absolute Gasteiger partial charge is 0.332 e. The van der Waals surface area contributed by atoms with E-state index in [1.165, 1.54) is 12.1 Å². The predicted molar refractivity (Wildman–Crippen MR) is 148 cm³/mol. The highest BCUT2D eigenvalue weighted by Crippen LogP contribution is 2.25. The van der Waals surface area contributed by atoms with Gasteiger partial charge in [0.25, 0.3) is 10.0 Å². The maximum Gasteiger partial charge on any atom is 0.264 e. The SMILES string of the molecule is Cc1cc(C)nc(NS(=O)(=O)c2ccc(NC(=S)NC(=O)C(c3ccccc3)c3ccccc3)cc2)n1. The average Bonchev–Trinajstić information content (AvgIpc) is 2.85. The van der Waals surface area contributed by atoms with E-state index in [0.717, 1.165) is 11.1 Å². The quantitative estimate of drug-likeness (QED) is 0.300. The van der Waals surface area contributed by atoms with Crippen molar-refractivity contribution in [1.82, 2.24) is 15.3 Å². The molecule has 0 spiro atoms. The Kier molecular flexibility index (Phi) is 7.90. The highest BCUT2D eigenvalue weighted by Gasteiger charge is 2.23. The number of rotatable bonds is 7. The average molecular weight is 532 g/mol. The van der Waals surface area contributed by atoms with E-state index in [2.05, 4.69) is 25.3 Å². The predicted octanol–water partition coefficient (Wildman–Crippen LogP) is 4.54. The van der Waals surface area contributed by atoms with E-state index in [4.69, 9.17) is 12.2 Å². The zero-order valence-corrected chi connectivity index (χ0v) is 21.8. The van der Waals surface area contributed by atoms with Gasteiger partial charge in [-0.05, 0) is 67.5 Å². The summed E-state index contributed by atoms with van der Waals surface area (Å²) in [5.74, 6) is -0.824. The minimum Gasteiger partial charge on any atom is -0.332 e. The van der Waals surface area contributed by atoms with Crippen LogP contribution >= 0.6 is 12.2 Å². The van der Waals surface area contributed by atoms with Gasteiger partial charge < -0.3 is 10.6 Å². The molecule has 0 radical (unpaired) electrons. The molecule has 10 heteroatoms. The zero-order chi connectivity index (χ0) is 26.4. The number of nitrogens with zero attached hydrogens (tertiary/aromatic N) is 2. The van der Waals surface area contributed by atoms with Crippen molar-refractivity contribution in [3.8, 4) is 0 Å². The fourth-order valence-electron chi connectivity index (χ4n) is 3.80. The van der Waals surface area contributed by atoms with Crippen LogP contribution in [0.3, 0.4) is 0 Å². The van der Waals surface area contributed by atoms with Crippen LogP contribution < -0.4 is 15.4 Å². The molecule has 0 aliphatic heterocycles. The second-order valence-corrected chi connectivity index (χ2v) is 10.4. The number of anilines is 2. The van der Waals surface area contributed by atoms with Gasteiger partial charge >= 0.3 is 0 Å². The van der Waals surface area contributed by atoms with E-state index >= 15 is 0 Å². The number of nitrogens with one attached hydrogen (secondary N) is 3. The molecule has 0 saturated carbocycles. The van der Waals surface area contributed by atoms with Crippen molar-refractivity contribution in [3.63, 3.8) is 0 Å². The molecule has 4 aromatic rings. The standard InChI is InChI=1S/C27H25N5O3S2/c1-18-17-19(2)29-26(28-18)32-37(34,35)23-15-13-22(14-16-23)30-27(36)31-25(33)24(20-9-5-3-6-10-20)21-11-7-4-8-12-21/h3-17,24H,1-2H3,(H,28,29,32)(H2,30,31,33,36). The minimum atomic E-state index is -3.89. The first kappa shape index (κ1) is 25.9. The highest BCUT2D eigenvalue weighted by atomic mass is 32.2. The first-order valence-corrected chi connectivity index (χ1v) is 13.3. The number of hydrogen-bond acceptors (Lipinski definition) is 6. The Morgan fingerprint density at radius 2 is 1.32 bits per heavy atom. The van der Waals surface area contributed by atoms with Crippen LogP contribution in [0.2, 0.25) is 0 Å². The van der Waals surface area contributed by atoms with Crippen LogP contribution in [0.15, 0.2) is 95.9 Å². The molecule has 0 bridgehead atoms. The lowest BCUT2D eigenvalue weighted by molar-refractivity contribution is -0.120. The van der Waals surface area contributed by atoms with Crippen LogP contribution in [0, 0.1) is 13.8 Å². The van der Waals surface area contributed by atoms with Crippen molar-refractivity contribution in [3.05, 3.63) is 114 Å². The second-order valence-electron chi connectivity index (χ2n) is 8.30. The van der Waals surface area contributed by atoms with E-state index in [0.29, 0.717) is 17.1 Å². The number of amides is 1. The Bertz CT molecular complexity index is 1450. The molecule has 3 N–H and O–H groups in total. The van der Waals surface area contributed by atoms with Gasteiger partial charge in [0.05, 0.1) is 10.8 Å². The number of carbonyl (C=O) groups excluding carboxylic acids is 1. The Labute approximate surface area is 221 Å². The van der Waals surface area contributed by atoms with Gasteiger partial charge in [0, 0.05) is 17.1 Å². The molecule has 188 valence electrons. The lowest BCUT2D eigenvalue weighted by Crippen LogP contribution is -2.37. The van der Waals surface area contributed by atoms with Crippen LogP contribution in [0.25, 0.3) is 0 Å². The third kappa shape index (κ3) is 6.75. The molecule has 0 fully saturated rings. The van der Waals surface area contributed by atoms with Crippen LogP contribution in [0.4, 0.5) is 11.6 Å². The third-order valence-corrected chi connectivity index (χ3v) is 6.94. The topological polar surface area (TPSA) is 113 Å². The molecule has 0 aliphatic carbocycles. The first-order valence-electron chi connectivity index (χ1n) is 11.4. The van der Waals surface area contributed by atoms with E-state index in [9.17, 15) is 13.2 Å². The van der Waals surface area contributed by atoms with Crippen molar-refractivity contribution in [2.45, 2.75) is 24.7 Å².